The van der Waals surface area contributed by atoms with E-state index in [0.29, 0.717) is 31.4 Å². The fraction of sp³-hybridized carbons (Fsp3) is 0.320. The van der Waals surface area contributed by atoms with E-state index < -0.39 is 23.7 Å². The number of Topliss-reactive ketones (excluding diaryl/α,β-unsaturated/α-hetero) is 1. The van der Waals surface area contributed by atoms with Gasteiger partial charge in [-0.25, -0.2) is 0 Å². The van der Waals surface area contributed by atoms with Gasteiger partial charge in [0.25, 0.3) is 11.7 Å². The number of carbonyl (C=O) groups is 3. The van der Waals surface area contributed by atoms with Crippen LogP contribution in [0.2, 0.25) is 0 Å². The van der Waals surface area contributed by atoms with Crippen LogP contribution in [0.15, 0.2) is 54.1 Å². The van der Waals surface area contributed by atoms with Gasteiger partial charge in [0.15, 0.2) is 0 Å². The van der Waals surface area contributed by atoms with E-state index in [2.05, 4.69) is 0 Å². The number of aliphatic hydroxyl groups is 1. The minimum absolute atomic E-state index is 0.0341. The average molecular weight is 420 g/mol. The molecule has 6 heteroatoms. The summed E-state index contributed by atoms with van der Waals surface area (Å²) in [6, 6.07) is 14.0. The van der Waals surface area contributed by atoms with Crippen LogP contribution < -0.4 is 5.11 Å². The summed E-state index contributed by atoms with van der Waals surface area (Å²) in [7, 11) is 0. The molecular formula is C25H26NO5-. The molecule has 1 heterocycles. The Balaban J connectivity index is 1.96. The first-order chi connectivity index (χ1) is 14.8. The number of unbranched alkanes of at least 4 members (excludes halogenated alkanes) is 2. The maximum Gasteiger partial charge on any atom is 0.295 e. The molecule has 1 amide bonds. The Hall–Kier alpha value is -3.41. The van der Waals surface area contributed by atoms with Crippen molar-refractivity contribution in [3.63, 3.8) is 0 Å². The molecule has 1 aliphatic rings. The van der Waals surface area contributed by atoms with E-state index in [9.17, 15) is 24.6 Å². The van der Waals surface area contributed by atoms with Crippen molar-refractivity contribution in [1.82, 2.24) is 4.90 Å². The number of likely N-dealkylation sites (tertiary alicyclic amines) is 1. The van der Waals surface area contributed by atoms with Crippen molar-refractivity contribution in [1.29, 1.82) is 0 Å². The molecule has 1 aliphatic heterocycles. The summed E-state index contributed by atoms with van der Waals surface area (Å²) in [5, 5.41) is 21.6. The normalized spacial score (nSPS) is 17.9. The number of carboxylic acids is 1. The summed E-state index contributed by atoms with van der Waals surface area (Å²) in [4.78, 5) is 37.9. The number of rotatable bonds is 8. The third-order valence-electron chi connectivity index (χ3n) is 5.54. The predicted octanol–water partition coefficient (Wildman–Crippen LogP) is 3.04. The van der Waals surface area contributed by atoms with Gasteiger partial charge in [-0.15, -0.1) is 0 Å². The van der Waals surface area contributed by atoms with Crippen molar-refractivity contribution in [2.45, 2.75) is 45.6 Å². The van der Waals surface area contributed by atoms with Gasteiger partial charge < -0.3 is 19.9 Å². The lowest BCUT2D eigenvalue weighted by molar-refractivity contribution is -0.305. The van der Waals surface area contributed by atoms with Gasteiger partial charge >= 0.3 is 0 Å². The van der Waals surface area contributed by atoms with Crippen molar-refractivity contribution >= 4 is 23.4 Å². The molecule has 0 unspecified atom stereocenters. The van der Waals surface area contributed by atoms with Gasteiger partial charge in [0.1, 0.15) is 5.76 Å². The van der Waals surface area contributed by atoms with Crippen LogP contribution in [0.4, 0.5) is 0 Å². The standard InChI is InChI=1S/C25H27NO5/c1-16-7-11-18(12-8-16)22-21(23(29)19-13-9-17(2)10-14-19)24(30)25(31)26(22)15-5-3-4-6-20(27)28/h7-14,22,29H,3-6,15H2,1-2H3,(H,27,28)/p-1/t22-/m1/s1. The quantitative estimate of drug-likeness (QED) is 0.306. The number of ketones is 1. The van der Waals surface area contributed by atoms with Crippen LogP contribution in [-0.4, -0.2) is 34.2 Å². The smallest absolute Gasteiger partial charge is 0.295 e. The Morgan fingerprint density at radius 3 is 2.10 bits per heavy atom. The fourth-order valence-electron chi connectivity index (χ4n) is 3.80. The highest BCUT2D eigenvalue weighted by atomic mass is 16.4. The van der Waals surface area contributed by atoms with Gasteiger partial charge in [0, 0.05) is 18.1 Å². The number of aryl methyl sites for hydroxylation is 2. The molecule has 0 radical (unpaired) electrons. The second-order valence-corrected chi connectivity index (χ2v) is 7.95. The monoisotopic (exact) mass is 420 g/mol. The van der Waals surface area contributed by atoms with Crippen molar-refractivity contribution in [3.8, 4) is 0 Å². The van der Waals surface area contributed by atoms with Crippen molar-refractivity contribution in [2.24, 2.45) is 0 Å². The predicted molar refractivity (Wildman–Crippen MR) is 115 cm³/mol. The summed E-state index contributed by atoms with van der Waals surface area (Å²) in [5.74, 6) is -2.65. The zero-order valence-corrected chi connectivity index (χ0v) is 17.8. The summed E-state index contributed by atoms with van der Waals surface area (Å²) in [6.45, 7) is 4.17. The Kier molecular flexibility index (Phi) is 6.90. The van der Waals surface area contributed by atoms with E-state index >= 15 is 0 Å². The van der Waals surface area contributed by atoms with Crippen LogP contribution in [-0.2, 0) is 14.4 Å². The van der Waals surface area contributed by atoms with Gasteiger partial charge in [0.2, 0.25) is 0 Å². The second-order valence-electron chi connectivity index (χ2n) is 7.95. The highest BCUT2D eigenvalue weighted by Gasteiger charge is 2.45. The molecule has 162 valence electrons. The minimum atomic E-state index is -1.10. The Labute approximate surface area is 181 Å². The molecule has 1 atom stereocenters. The molecule has 0 spiro atoms. The van der Waals surface area contributed by atoms with E-state index in [1.54, 1.807) is 12.1 Å². The van der Waals surface area contributed by atoms with E-state index in [4.69, 9.17) is 0 Å². The van der Waals surface area contributed by atoms with E-state index in [1.165, 1.54) is 4.90 Å². The largest absolute Gasteiger partial charge is 0.550 e. The number of nitrogens with zero attached hydrogens (tertiary/aromatic N) is 1. The number of hydrogen-bond donors (Lipinski definition) is 1. The maximum absolute atomic E-state index is 12.9. The van der Waals surface area contributed by atoms with Crippen LogP contribution in [0.5, 0.6) is 0 Å². The molecule has 2 aromatic rings. The molecule has 0 bridgehead atoms. The fourth-order valence-corrected chi connectivity index (χ4v) is 3.80. The summed E-state index contributed by atoms with van der Waals surface area (Å²) in [5.41, 5.74) is 3.36. The SMILES string of the molecule is Cc1ccc(C(O)=C2C(=O)C(=O)N(CCCCCC(=O)[O-])[C@@H]2c2ccc(C)cc2)cc1. The first kappa shape index (κ1) is 22.3. The number of benzene rings is 2. The molecular weight excluding hydrogens is 394 g/mol. The van der Waals surface area contributed by atoms with Crippen LogP contribution in [0.3, 0.4) is 0 Å². The molecule has 1 saturated heterocycles. The van der Waals surface area contributed by atoms with E-state index in [0.717, 1.165) is 16.7 Å². The minimum Gasteiger partial charge on any atom is -0.550 e. The van der Waals surface area contributed by atoms with Crippen LogP contribution >= 0.6 is 0 Å². The lowest BCUT2D eigenvalue weighted by atomic mass is 9.94. The number of aliphatic hydroxyl groups excluding tert-OH is 1. The molecule has 0 aromatic heterocycles. The van der Waals surface area contributed by atoms with E-state index in [1.807, 2.05) is 50.2 Å². The van der Waals surface area contributed by atoms with Gasteiger partial charge in [0.05, 0.1) is 11.6 Å². The van der Waals surface area contributed by atoms with Gasteiger partial charge in [-0.3, -0.25) is 9.59 Å². The Morgan fingerprint density at radius 2 is 1.52 bits per heavy atom. The molecule has 3 rings (SSSR count). The molecule has 0 saturated carbocycles. The lowest BCUT2D eigenvalue weighted by Gasteiger charge is -2.25. The summed E-state index contributed by atoms with van der Waals surface area (Å²) in [6.07, 6.45) is 1.56. The molecule has 31 heavy (non-hydrogen) atoms. The molecule has 1 N–H and O–H groups in total. The lowest BCUT2D eigenvalue weighted by Crippen LogP contribution is -2.30. The second kappa shape index (κ2) is 9.60. The Bertz CT molecular complexity index is 1010. The maximum atomic E-state index is 12.9. The number of amides is 1. The molecule has 0 aliphatic carbocycles. The average Bonchev–Trinajstić information content (AvgIpc) is 2.99. The third kappa shape index (κ3) is 5.02. The highest BCUT2D eigenvalue weighted by molar-refractivity contribution is 6.46. The van der Waals surface area contributed by atoms with Crippen LogP contribution in [0, 0.1) is 13.8 Å². The first-order valence-corrected chi connectivity index (χ1v) is 10.4. The van der Waals surface area contributed by atoms with Crippen LogP contribution in [0.25, 0.3) is 5.76 Å². The van der Waals surface area contributed by atoms with Crippen molar-refractivity contribution in [2.75, 3.05) is 6.54 Å². The topological polar surface area (TPSA) is 97.7 Å². The third-order valence-corrected chi connectivity index (χ3v) is 5.54. The number of carboxylic acid groups (broad SMARTS) is 1. The van der Waals surface area contributed by atoms with Gasteiger partial charge in [-0.1, -0.05) is 66.1 Å². The molecule has 2 aromatic carbocycles. The zero-order chi connectivity index (χ0) is 22.5. The molecule has 1 fully saturated rings. The van der Waals surface area contributed by atoms with E-state index in [-0.39, 0.29) is 17.8 Å². The zero-order valence-electron chi connectivity index (χ0n) is 17.8. The van der Waals surface area contributed by atoms with Crippen LogP contribution in [0.1, 0.15) is 54.0 Å². The number of aliphatic carboxylic acids is 1. The Morgan fingerprint density at radius 1 is 0.935 bits per heavy atom. The van der Waals surface area contributed by atoms with Crippen molar-refractivity contribution < 1.29 is 24.6 Å². The van der Waals surface area contributed by atoms with Gasteiger partial charge in [-0.05, 0) is 38.7 Å². The van der Waals surface area contributed by atoms with Crippen molar-refractivity contribution in [3.05, 3.63) is 76.4 Å². The summed E-state index contributed by atoms with van der Waals surface area (Å²) >= 11 is 0. The first-order valence-electron chi connectivity index (χ1n) is 10.4. The number of carbonyl (C=O) groups excluding carboxylic acids is 3. The van der Waals surface area contributed by atoms with Gasteiger partial charge in [-0.2, -0.15) is 0 Å². The summed E-state index contributed by atoms with van der Waals surface area (Å²) < 4.78 is 0. The highest BCUT2D eigenvalue weighted by Crippen LogP contribution is 2.39. The number of hydrogen-bond acceptors (Lipinski definition) is 5. The molecule has 6 nitrogen and oxygen atoms in total.